The average molecular weight is 322 g/mol. The van der Waals surface area contributed by atoms with Crippen LogP contribution in [0.3, 0.4) is 0 Å². The van der Waals surface area contributed by atoms with Gasteiger partial charge in [0.25, 0.3) is 0 Å². The van der Waals surface area contributed by atoms with Gasteiger partial charge in [-0.15, -0.1) is 0 Å². The Balaban J connectivity index is 1.73. The second-order valence-corrected chi connectivity index (χ2v) is 5.66. The molecule has 6 heteroatoms. The molecule has 5 nitrogen and oxygen atoms in total. The molecule has 0 spiro atoms. The van der Waals surface area contributed by atoms with E-state index in [-0.39, 0.29) is 12.4 Å². The van der Waals surface area contributed by atoms with Gasteiger partial charge in [-0.25, -0.2) is 14.4 Å². The van der Waals surface area contributed by atoms with Crippen LogP contribution < -0.4 is 0 Å². The van der Waals surface area contributed by atoms with Crippen LogP contribution in [0.15, 0.2) is 55.1 Å². The van der Waals surface area contributed by atoms with Gasteiger partial charge in [-0.3, -0.25) is 0 Å². The highest BCUT2D eigenvalue weighted by molar-refractivity contribution is 5.82. The highest BCUT2D eigenvalue weighted by atomic mass is 19.1. The van der Waals surface area contributed by atoms with Crippen molar-refractivity contribution in [3.63, 3.8) is 0 Å². The smallest absolute Gasteiger partial charge is 0.133 e. The maximum atomic E-state index is 14.0. The Morgan fingerprint density at radius 2 is 2.04 bits per heavy atom. The number of H-pyrrole nitrogens is 1. The summed E-state index contributed by atoms with van der Waals surface area (Å²) in [4.78, 5) is 11.3. The summed E-state index contributed by atoms with van der Waals surface area (Å²) in [7, 11) is 0. The van der Waals surface area contributed by atoms with Gasteiger partial charge >= 0.3 is 0 Å². The van der Waals surface area contributed by atoms with Gasteiger partial charge in [0.1, 0.15) is 18.2 Å². The molecule has 0 saturated heterocycles. The minimum Gasteiger partial charge on any atom is -0.388 e. The molecule has 24 heavy (non-hydrogen) atoms. The number of nitrogens with one attached hydrogen (secondary N) is 1. The summed E-state index contributed by atoms with van der Waals surface area (Å²) in [5.41, 5.74) is 4.15. The molecule has 0 aliphatic carbocycles. The maximum absolute atomic E-state index is 14.0. The predicted octanol–water partition coefficient (Wildman–Crippen LogP) is 3.11. The van der Waals surface area contributed by atoms with Gasteiger partial charge in [0.15, 0.2) is 0 Å². The average Bonchev–Trinajstić information content (AvgIpc) is 3.22. The first-order valence-electron chi connectivity index (χ1n) is 7.56. The van der Waals surface area contributed by atoms with E-state index in [1.54, 1.807) is 12.5 Å². The third kappa shape index (κ3) is 2.79. The summed E-state index contributed by atoms with van der Waals surface area (Å²) in [5.74, 6) is 0.241. The molecule has 0 saturated carbocycles. The number of nitrogens with zero attached hydrogens (tertiary/aromatic N) is 3. The van der Waals surface area contributed by atoms with Crippen molar-refractivity contribution in [2.45, 2.75) is 13.2 Å². The van der Waals surface area contributed by atoms with Gasteiger partial charge in [-0.1, -0.05) is 6.07 Å². The zero-order valence-corrected chi connectivity index (χ0v) is 12.8. The lowest BCUT2D eigenvalue weighted by atomic mass is 10.0. The number of aliphatic hydroxyl groups excluding tert-OH is 1. The van der Waals surface area contributed by atoms with E-state index in [1.165, 1.54) is 12.1 Å². The summed E-state index contributed by atoms with van der Waals surface area (Å²) in [6.45, 7) is 0.421. The molecular weight excluding hydrogens is 307 g/mol. The molecule has 4 aromatic rings. The van der Waals surface area contributed by atoms with E-state index < -0.39 is 0 Å². The molecule has 0 amide bonds. The van der Waals surface area contributed by atoms with Gasteiger partial charge in [0.05, 0.1) is 17.4 Å². The molecule has 2 aromatic carbocycles. The summed E-state index contributed by atoms with van der Waals surface area (Å²) in [6.07, 6.45) is 5.25. The van der Waals surface area contributed by atoms with Crippen molar-refractivity contribution in [3.05, 3.63) is 72.3 Å². The van der Waals surface area contributed by atoms with Crippen molar-refractivity contribution < 1.29 is 9.50 Å². The van der Waals surface area contributed by atoms with Crippen LogP contribution in [0.2, 0.25) is 0 Å². The van der Waals surface area contributed by atoms with E-state index in [1.807, 2.05) is 35.0 Å². The van der Waals surface area contributed by atoms with E-state index in [0.717, 1.165) is 27.7 Å². The summed E-state index contributed by atoms with van der Waals surface area (Å²) in [6, 6.07) is 10.7. The van der Waals surface area contributed by atoms with E-state index in [4.69, 9.17) is 5.11 Å². The van der Waals surface area contributed by atoms with Crippen LogP contribution >= 0.6 is 0 Å². The van der Waals surface area contributed by atoms with Crippen LogP contribution in [0.4, 0.5) is 4.39 Å². The number of fused-ring (bicyclic) bond motifs is 1. The SMILES string of the molecule is OCc1nc2ccc(-c3cc(F)cc(Cn4ccnc4)c3)cc2[nH]1. The Morgan fingerprint density at radius 3 is 2.83 bits per heavy atom. The highest BCUT2D eigenvalue weighted by Gasteiger charge is 2.07. The minimum absolute atomic E-state index is 0.140. The molecule has 2 heterocycles. The number of aromatic amines is 1. The fourth-order valence-electron chi connectivity index (χ4n) is 2.82. The number of aromatic nitrogens is 4. The first-order chi connectivity index (χ1) is 11.7. The molecule has 0 atom stereocenters. The largest absolute Gasteiger partial charge is 0.388 e. The third-order valence-corrected chi connectivity index (χ3v) is 3.90. The molecule has 0 fully saturated rings. The number of benzene rings is 2. The number of hydrogen-bond acceptors (Lipinski definition) is 3. The molecule has 0 bridgehead atoms. The molecular formula is C18H15FN4O. The van der Waals surface area contributed by atoms with Crippen molar-refractivity contribution >= 4 is 11.0 Å². The Bertz CT molecular complexity index is 992. The second kappa shape index (κ2) is 5.90. The van der Waals surface area contributed by atoms with Gasteiger partial charge < -0.3 is 14.7 Å². The van der Waals surface area contributed by atoms with E-state index in [0.29, 0.717) is 12.4 Å². The van der Waals surface area contributed by atoms with E-state index >= 15 is 0 Å². The molecule has 0 radical (unpaired) electrons. The molecule has 0 aliphatic heterocycles. The second-order valence-electron chi connectivity index (χ2n) is 5.66. The third-order valence-electron chi connectivity index (χ3n) is 3.90. The molecule has 2 N–H and O–H groups in total. The standard InChI is InChI=1S/C18H15FN4O/c19-15-6-12(9-23-4-3-20-11-23)5-14(7-15)13-1-2-16-17(8-13)22-18(10-24)21-16/h1-8,11,24H,9-10H2,(H,21,22). The van der Waals surface area contributed by atoms with Crippen LogP contribution in [0.5, 0.6) is 0 Å². The first-order valence-corrected chi connectivity index (χ1v) is 7.56. The highest BCUT2D eigenvalue weighted by Crippen LogP contribution is 2.25. The lowest BCUT2D eigenvalue weighted by molar-refractivity contribution is 0.273. The van der Waals surface area contributed by atoms with Crippen LogP contribution in [0, 0.1) is 5.82 Å². The van der Waals surface area contributed by atoms with Crippen molar-refractivity contribution in [2.75, 3.05) is 0 Å². The quantitative estimate of drug-likeness (QED) is 0.607. The Morgan fingerprint density at radius 1 is 1.12 bits per heavy atom. The first kappa shape index (κ1) is 14.6. The van der Waals surface area contributed by atoms with Crippen molar-refractivity contribution in [1.82, 2.24) is 19.5 Å². The van der Waals surface area contributed by atoms with Crippen molar-refractivity contribution in [3.8, 4) is 11.1 Å². The maximum Gasteiger partial charge on any atom is 0.133 e. The number of rotatable bonds is 4. The van der Waals surface area contributed by atoms with Crippen LogP contribution in [-0.4, -0.2) is 24.6 Å². The van der Waals surface area contributed by atoms with Gasteiger partial charge in [0.2, 0.25) is 0 Å². The number of hydrogen-bond donors (Lipinski definition) is 2. The fraction of sp³-hybridized carbons (Fsp3) is 0.111. The zero-order valence-electron chi connectivity index (χ0n) is 12.8. The molecule has 2 aromatic heterocycles. The van der Waals surface area contributed by atoms with Gasteiger partial charge in [0, 0.05) is 18.9 Å². The lowest BCUT2D eigenvalue weighted by Crippen LogP contribution is -1.97. The summed E-state index contributed by atoms with van der Waals surface area (Å²) in [5, 5.41) is 9.17. The fourth-order valence-corrected chi connectivity index (χ4v) is 2.82. The Kier molecular flexibility index (Phi) is 3.59. The number of halogens is 1. The van der Waals surface area contributed by atoms with Gasteiger partial charge in [-0.05, 0) is 47.0 Å². The van der Waals surface area contributed by atoms with Gasteiger partial charge in [-0.2, -0.15) is 0 Å². The van der Waals surface area contributed by atoms with Crippen LogP contribution in [0.25, 0.3) is 22.2 Å². The Labute approximate surface area is 137 Å². The zero-order chi connectivity index (χ0) is 16.5. The number of imidazole rings is 2. The van der Waals surface area contributed by atoms with E-state index in [2.05, 4.69) is 15.0 Å². The molecule has 0 aliphatic rings. The summed E-state index contributed by atoms with van der Waals surface area (Å²) < 4.78 is 15.9. The van der Waals surface area contributed by atoms with Crippen molar-refractivity contribution in [2.24, 2.45) is 0 Å². The molecule has 0 unspecified atom stereocenters. The lowest BCUT2D eigenvalue weighted by Gasteiger charge is -2.07. The van der Waals surface area contributed by atoms with Crippen molar-refractivity contribution in [1.29, 1.82) is 0 Å². The molecule has 120 valence electrons. The van der Waals surface area contributed by atoms with Crippen LogP contribution in [0.1, 0.15) is 11.4 Å². The summed E-state index contributed by atoms with van der Waals surface area (Å²) >= 11 is 0. The monoisotopic (exact) mass is 322 g/mol. The minimum atomic E-state index is -0.275. The topological polar surface area (TPSA) is 66.7 Å². The Hall–Kier alpha value is -2.99. The normalized spacial score (nSPS) is 11.2. The van der Waals surface area contributed by atoms with Crippen LogP contribution in [-0.2, 0) is 13.2 Å². The number of aliphatic hydroxyl groups is 1. The van der Waals surface area contributed by atoms with E-state index in [9.17, 15) is 4.39 Å². The predicted molar refractivity (Wildman–Crippen MR) is 88.7 cm³/mol. The molecule has 4 rings (SSSR count).